The van der Waals surface area contributed by atoms with Gasteiger partial charge in [0.15, 0.2) is 0 Å². The Hall–Kier alpha value is -1.39. The molecule has 0 aliphatic carbocycles. The molecule has 1 aliphatic rings. The number of hydrogen-bond donors (Lipinski definition) is 2. The van der Waals surface area contributed by atoms with Gasteiger partial charge in [-0.25, -0.2) is 0 Å². The molecule has 4 heteroatoms. The predicted molar refractivity (Wildman–Crippen MR) is 74.5 cm³/mol. The van der Waals surface area contributed by atoms with E-state index in [0.717, 1.165) is 18.4 Å². The summed E-state index contributed by atoms with van der Waals surface area (Å²) in [6.07, 6.45) is 1.74. The SMILES string of the molecule is CC(NC(=O)C(N)C1CCOCC1)c1ccccc1. The Labute approximate surface area is 114 Å². The van der Waals surface area contributed by atoms with E-state index in [-0.39, 0.29) is 17.9 Å². The molecule has 1 aromatic rings. The minimum absolute atomic E-state index is 0.0143. The third kappa shape index (κ3) is 3.78. The van der Waals surface area contributed by atoms with Gasteiger partial charge in [-0.15, -0.1) is 0 Å². The molecule has 1 saturated heterocycles. The van der Waals surface area contributed by atoms with Crippen LogP contribution in [-0.4, -0.2) is 25.2 Å². The summed E-state index contributed by atoms with van der Waals surface area (Å²) in [6.45, 7) is 3.39. The van der Waals surface area contributed by atoms with Crippen molar-refractivity contribution in [1.29, 1.82) is 0 Å². The molecule has 1 amide bonds. The Morgan fingerprint density at radius 3 is 2.58 bits per heavy atom. The summed E-state index contributed by atoms with van der Waals surface area (Å²) < 4.78 is 5.29. The van der Waals surface area contributed by atoms with Crippen molar-refractivity contribution in [3.05, 3.63) is 35.9 Å². The van der Waals surface area contributed by atoms with Crippen LogP contribution < -0.4 is 11.1 Å². The summed E-state index contributed by atoms with van der Waals surface area (Å²) >= 11 is 0. The fourth-order valence-electron chi connectivity index (χ4n) is 2.42. The van der Waals surface area contributed by atoms with Crippen molar-refractivity contribution in [2.75, 3.05) is 13.2 Å². The van der Waals surface area contributed by atoms with E-state index in [1.165, 1.54) is 0 Å². The monoisotopic (exact) mass is 262 g/mol. The second-order valence-corrected chi connectivity index (χ2v) is 5.12. The third-order valence-corrected chi connectivity index (χ3v) is 3.73. The van der Waals surface area contributed by atoms with Crippen molar-refractivity contribution in [2.24, 2.45) is 11.7 Å². The number of carbonyl (C=O) groups excluding carboxylic acids is 1. The zero-order chi connectivity index (χ0) is 13.7. The highest BCUT2D eigenvalue weighted by Crippen LogP contribution is 2.19. The van der Waals surface area contributed by atoms with E-state index in [2.05, 4.69) is 5.32 Å². The van der Waals surface area contributed by atoms with Gasteiger partial charge in [0, 0.05) is 13.2 Å². The summed E-state index contributed by atoms with van der Waals surface area (Å²) in [7, 11) is 0. The highest BCUT2D eigenvalue weighted by molar-refractivity contribution is 5.82. The summed E-state index contributed by atoms with van der Waals surface area (Å²) in [5.74, 6) is 0.167. The van der Waals surface area contributed by atoms with Gasteiger partial charge in [-0.3, -0.25) is 4.79 Å². The molecule has 1 aliphatic heterocycles. The zero-order valence-electron chi connectivity index (χ0n) is 11.3. The summed E-state index contributed by atoms with van der Waals surface area (Å²) in [4.78, 5) is 12.1. The number of benzene rings is 1. The smallest absolute Gasteiger partial charge is 0.237 e. The van der Waals surface area contributed by atoms with E-state index >= 15 is 0 Å². The van der Waals surface area contributed by atoms with Gasteiger partial charge in [-0.1, -0.05) is 30.3 Å². The zero-order valence-corrected chi connectivity index (χ0v) is 11.3. The molecule has 0 saturated carbocycles. The second-order valence-electron chi connectivity index (χ2n) is 5.12. The highest BCUT2D eigenvalue weighted by atomic mass is 16.5. The average molecular weight is 262 g/mol. The van der Waals surface area contributed by atoms with Gasteiger partial charge >= 0.3 is 0 Å². The van der Waals surface area contributed by atoms with Crippen LogP contribution in [0.5, 0.6) is 0 Å². The largest absolute Gasteiger partial charge is 0.381 e. The van der Waals surface area contributed by atoms with E-state index in [1.807, 2.05) is 37.3 Å². The fraction of sp³-hybridized carbons (Fsp3) is 0.533. The first-order valence-electron chi connectivity index (χ1n) is 6.87. The van der Waals surface area contributed by atoms with Crippen LogP contribution in [0.2, 0.25) is 0 Å². The quantitative estimate of drug-likeness (QED) is 0.866. The first-order chi connectivity index (χ1) is 9.18. The van der Waals surface area contributed by atoms with E-state index in [9.17, 15) is 4.79 Å². The molecule has 0 bridgehead atoms. The minimum atomic E-state index is -0.435. The molecule has 1 fully saturated rings. The summed E-state index contributed by atoms with van der Waals surface area (Å²) in [6, 6.07) is 9.46. The van der Waals surface area contributed by atoms with Gasteiger partial charge in [0.1, 0.15) is 0 Å². The molecular formula is C15H22N2O2. The molecular weight excluding hydrogens is 240 g/mol. The van der Waals surface area contributed by atoms with Gasteiger partial charge in [0.05, 0.1) is 12.1 Å². The third-order valence-electron chi connectivity index (χ3n) is 3.73. The Kier molecular flexibility index (Phi) is 4.93. The van der Waals surface area contributed by atoms with Crippen LogP contribution >= 0.6 is 0 Å². The van der Waals surface area contributed by atoms with Gasteiger partial charge in [-0.05, 0) is 31.2 Å². The first kappa shape index (κ1) is 14.0. The van der Waals surface area contributed by atoms with Crippen LogP contribution in [0.15, 0.2) is 30.3 Å². The van der Waals surface area contributed by atoms with Crippen LogP contribution in [-0.2, 0) is 9.53 Å². The average Bonchev–Trinajstić information content (AvgIpc) is 2.48. The molecule has 0 aromatic heterocycles. The predicted octanol–water partition coefficient (Wildman–Crippen LogP) is 1.62. The van der Waals surface area contributed by atoms with Gasteiger partial charge in [0.2, 0.25) is 5.91 Å². The molecule has 0 radical (unpaired) electrons. The molecule has 1 heterocycles. The molecule has 4 nitrogen and oxygen atoms in total. The first-order valence-corrected chi connectivity index (χ1v) is 6.87. The van der Waals surface area contributed by atoms with E-state index in [0.29, 0.717) is 13.2 Å². The number of amides is 1. The standard InChI is InChI=1S/C15H22N2O2/c1-11(12-5-3-2-4-6-12)17-15(18)14(16)13-7-9-19-10-8-13/h2-6,11,13-14H,7-10,16H2,1H3,(H,17,18). The molecule has 1 aromatic carbocycles. The maximum Gasteiger partial charge on any atom is 0.237 e. The van der Waals surface area contributed by atoms with Crippen LogP contribution in [0.3, 0.4) is 0 Å². The Balaban J connectivity index is 1.89. The van der Waals surface area contributed by atoms with Crippen LogP contribution in [0, 0.1) is 5.92 Å². The van der Waals surface area contributed by atoms with Crippen molar-refractivity contribution in [1.82, 2.24) is 5.32 Å². The lowest BCUT2D eigenvalue weighted by molar-refractivity contribution is -0.125. The minimum Gasteiger partial charge on any atom is -0.381 e. The Morgan fingerprint density at radius 2 is 1.95 bits per heavy atom. The maximum absolute atomic E-state index is 12.1. The van der Waals surface area contributed by atoms with Crippen molar-refractivity contribution >= 4 is 5.91 Å². The molecule has 2 rings (SSSR count). The van der Waals surface area contributed by atoms with E-state index in [1.54, 1.807) is 0 Å². The van der Waals surface area contributed by atoms with E-state index in [4.69, 9.17) is 10.5 Å². The maximum atomic E-state index is 12.1. The molecule has 3 N–H and O–H groups in total. The molecule has 0 spiro atoms. The van der Waals surface area contributed by atoms with Crippen molar-refractivity contribution in [2.45, 2.75) is 31.8 Å². The van der Waals surface area contributed by atoms with Gasteiger partial charge in [-0.2, -0.15) is 0 Å². The lowest BCUT2D eigenvalue weighted by Crippen LogP contribution is -2.47. The molecule has 104 valence electrons. The molecule has 2 unspecified atom stereocenters. The topological polar surface area (TPSA) is 64.4 Å². The van der Waals surface area contributed by atoms with Gasteiger partial charge in [0.25, 0.3) is 0 Å². The van der Waals surface area contributed by atoms with Gasteiger partial charge < -0.3 is 15.8 Å². The number of nitrogens with one attached hydrogen (secondary N) is 1. The summed E-state index contributed by atoms with van der Waals surface area (Å²) in [5, 5.41) is 2.99. The number of hydrogen-bond acceptors (Lipinski definition) is 3. The second kappa shape index (κ2) is 6.68. The lowest BCUT2D eigenvalue weighted by atomic mass is 9.91. The number of rotatable bonds is 4. The van der Waals surface area contributed by atoms with Crippen molar-refractivity contribution < 1.29 is 9.53 Å². The number of ether oxygens (including phenoxy) is 1. The lowest BCUT2D eigenvalue weighted by Gasteiger charge is -2.27. The highest BCUT2D eigenvalue weighted by Gasteiger charge is 2.27. The van der Waals surface area contributed by atoms with E-state index < -0.39 is 6.04 Å². The number of nitrogens with two attached hydrogens (primary N) is 1. The molecule has 19 heavy (non-hydrogen) atoms. The van der Waals surface area contributed by atoms with Crippen LogP contribution in [0.4, 0.5) is 0 Å². The fourth-order valence-corrected chi connectivity index (χ4v) is 2.42. The Bertz CT molecular complexity index is 402. The Morgan fingerprint density at radius 1 is 1.32 bits per heavy atom. The summed E-state index contributed by atoms with van der Waals surface area (Å²) in [5.41, 5.74) is 7.14. The van der Waals surface area contributed by atoms with Crippen molar-refractivity contribution in [3.8, 4) is 0 Å². The van der Waals surface area contributed by atoms with Crippen molar-refractivity contribution in [3.63, 3.8) is 0 Å². The number of carbonyl (C=O) groups is 1. The van der Waals surface area contributed by atoms with Crippen LogP contribution in [0.1, 0.15) is 31.4 Å². The van der Waals surface area contributed by atoms with Crippen LogP contribution in [0.25, 0.3) is 0 Å². The normalized spacial score (nSPS) is 19.7. The molecule has 2 atom stereocenters.